The summed E-state index contributed by atoms with van der Waals surface area (Å²) >= 11 is 0. The van der Waals surface area contributed by atoms with Crippen LogP contribution >= 0.6 is 0 Å². The van der Waals surface area contributed by atoms with Crippen molar-refractivity contribution < 1.29 is 0 Å². The number of fused-ring (bicyclic) bond motifs is 38. The fourth-order valence-electron chi connectivity index (χ4n) is 44.3. The van der Waals surface area contributed by atoms with Crippen LogP contribution in [0.4, 0.5) is 0 Å². The highest BCUT2D eigenvalue weighted by Crippen LogP contribution is 2.80. The van der Waals surface area contributed by atoms with Gasteiger partial charge in [-0.05, 0) is 552 Å². The predicted molar refractivity (Wildman–Crippen MR) is 391 cm³/mol. The average Bonchev–Trinajstić information content (AvgIpc) is 1.27. The number of hydrogen-bond donors (Lipinski definition) is 0. The molecule has 37 unspecified atom stereocenters. The van der Waals surface area contributed by atoms with Gasteiger partial charge in [0, 0.05) is 0 Å². The highest BCUT2D eigenvalue weighted by Gasteiger charge is 2.73. The summed E-state index contributed by atoms with van der Waals surface area (Å²) in [5.74, 6) is 59.1. The van der Waals surface area contributed by atoms with Gasteiger partial charge in [-0.1, -0.05) is 41.5 Å². The third-order valence-electron chi connectivity index (χ3n) is 45.4. The molecule has 530 valence electrons. The Morgan fingerprint density at radius 1 is 0.156 bits per heavy atom. The van der Waals surface area contributed by atoms with Crippen molar-refractivity contribution >= 4 is 0 Å². The van der Waals surface area contributed by atoms with E-state index in [1.54, 1.807) is 250 Å². The molecule has 37 atom stereocenters. The van der Waals surface area contributed by atoms with Gasteiger partial charge in [-0.2, -0.15) is 0 Å². The fraction of sp³-hybridized carbons (Fsp3) is 1.00. The first-order valence-corrected chi connectivity index (χ1v) is 46.9. The summed E-state index contributed by atoms with van der Waals surface area (Å²) in [5.41, 5.74) is 0.799. The minimum absolute atomic E-state index is 0.799. The van der Waals surface area contributed by atoms with E-state index in [1.165, 1.54) is 231 Å². The highest BCUT2D eigenvalue weighted by atomic mass is 14.8. The molecule has 37 rings (SSSR count). The quantitative estimate of drug-likeness (QED) is 0.212. The van der Waals surface area contributed by atoms with E-state index >= 15 is 0 Å². The Balaban J connectivity index is 0.0000000713. The average molecular weight is 1300 g/mol. The van der Waals surface area contributed by atoms with E-state index in [1.807, 2.05) is 0 Å². The molecule has 0 aromatic carbocycles. The molecule has 96 heavy (non-hydrogen) atoms. The Labute approximate surface area is 589 Å². The van der Waals surface area contributed by atoms with E-state index in [4.69, 9.17) is 0 Å². The Morgan fingerprint density at radius 3 is 0.865 bits per heavy atom. The van der Waals surface area contributed by atoms with E-state index in [-0.39, 0.29) is 0 Å². The molecule has 0 nitrogen and oxygen atoms in total. The first kappa shape index (κ1) is 61.2. The van der Waals surface area contributed by atoms with Gasteiger partial charge >= 0.3 is 0 Å². The smallest absolute Gasteiger partial charge is 0.0317 e. The van der Waals surface area contributed by atoms with E-state index in [0.29, 0.717) is 0 Å². The summed E-state index contributed by atoms with van der Waals surface area (Å²) in [6, 6.07) is 0. The third kappa shape index (κ3) is 8.46. The van der Waals surface area contributed by atoms with E-state index in [0.717, 1.165) is 70.5 Å². The minimum atomic E-state index is 0.799. The van der Waals surface area contributed by atoms with Crippen molar-refractivity contribution in [3.8, 4) is 0 Å². The lowest BCUT2D eigenvalue weighted by Gasteiger charge is -2.72. The molecule has 37 saturated carbocycles. The maximum Gasteiger partial charge on any atom is -0.0317 e. The maximum atomic E-state index is 2.61. The number of hydrogen-bond acceptors (Lipinski definition) is 0. The molecule has 0 amide bonds. The summed E-state index contributed by atoms with van der Waals surface area (Å²) in [6.45, 7) is 15.4. The first-order chi connectivity index (χ1) is 46.9. The molecule has 37 fully saturated rings. The van der Waals surface area contributed by atoms with Crippen molar-refractivity contribution in [1.29, 1.82) is 0 Å². The largest absolute Gasteiger partial charge is 0.0622 e. The van der Waals surface area contributed by atoms with Crippen molar-refractivity contribution in [2.24, 2.45) is 301 Å². The van der Waals surface area contributed by atoms with Gasteiger partial charge in [0.25, 0.3) is 0 Å². The molecule has 37 aliphatic rings. The molecule has 0 N–H and O–H groups in total. The second-order valence-corrected chi connectivity index (χ2v) is 47.3. The van der Waals surface area contributed by atoms with Crippen molar-refractivity contribution in [2.45, 2.75) is 292 Å². The molecule has 32 bridgehead atoms. The Morgan fingerprint density at radius 2 is 0.396 bits per heavy atom. The van der Waals surface area contributed by atoms with E-state index in [9.17, 15) is 0 Å². The van der Waals surface area contributed by atoms with Crippen LogP contribution in [0.25, 0.3) is 0 Å². The normalized spacial score (nSPS) is 68.2. The lowest BCUT2D eigenvalue weighted by Crippen LogP contribution is -2.64. The van der Waals surface area contributed by atoms with Crippen molar-refractivity contribution in [3.05, 3.63) is 0 Å². The van der Waals surface area contributed by atoms with Crippen LogP contribution in [0, 0.1) is 301 Å². The molecule has 0 aromatic heterocycles. The van der Waals surface area contributed by atoms with Gasteiger partial charge < -0.3 is 0 Å². The zero-order valence-electron chi connectivity index (χ0n) is 62.9. The molecule has 0 heterocycles. The minimum Gasteiger partial charge on any atom is -0.0622 e. The van der Waals surface area contributed by atoms with Gasteiger partial charge in [0.1, 0.15) is 0 Å². The van der Waals surface area contributed by atoms with Gasteiger partial charge in [0.2, 0.25) is 0 Å². The molecule has 0 radical (unpaired) electrons. The summed E-state index contributed by atoms with van der Waals surface area (Å²) in [5, 5.41) is 0. The SMILES string of the molecule is CC12CC3C4CC5CC3C(C1)C(C5)C4C2.CC1CC2CC1C1C3CC(C4C5CCC(C5)C34)C21.CC1CC2CC1C1C3CCC(C3)C21.CC1CC2CC1C1C3CCC(CC3)C21.CC1CC2CCC1C1C3CCC(C4C5CCC(CC5)C34)C21.CC1CC2CCC1C1C3CCC(CC3)C21. The molecule has 37 aliphatic carbocycles. The maximum absolute atomic E-state index is 2.61. The Bertz CT molecular complexity index is 2880. The summed E-state index contributed by atoms with van der Waals surface area (Å²) < 4.78 is 0. The van der Waals surface area contributed by atoms with Gasteiger partial charge in [0.05, 0.1) is 0 Å². The van der Waals surface area contributed by atoms with Crippen LogP contribution in [0.3, 0.4) is 0 Å². The number of rotatable bonds is 0. The monoisotopic (exact) mass is 1300 g/mol. The lowest BCUT2D eigenvalue weighted by molar-refractivity contribution is -0.228. The van der Waals surface area contributed by atoms with Gasteiger partial charge in [-0.25, -0.2) is 0 Å². The van der Waals surface area contributed by atoms with Crippen molar-refractivity contribution in [2.75, 3.05) is 0 Å². The van der Waals surface area contributed by atoms with Crippen LogP contribution in [0.15, 0.2) is 0 Å². The van der Waals surface area contributed by atoms with Crippen LogP contribution in [0.2, 0.25) is 0 Å². The third-order valence-corrected chi connectivity index (χ3v) is 45.4. The van der Waals surface area contributed by atoms with Gasteiger partial charge in [-0.15, -0.1) is 0 Å². The molecule has 0 saturated heterocycles. The molecule has 0 aliphatic heterocycles. The molecule has 0 aromatic rings. The standard InChI is InChI=1S/C21H32.C18H26.C15H22.C15H24.C14H22.C13H20/c1-11-10-14-6-7-15(11)21-17-9-8-16(20(14)21)18-12-2-4-13(5-3-12)19(17)18;1-8-4-11-6-12(8)18-14-7-13(17(11)18)15-9-2-3-10(5-9)16(14)15;1-15-5-12-9-2-8-3-10(12)14(7-15)11(4-8)13(9)6-15;1-9-8-12-6-7-13(9)15-11-4-2-10(3-5-11)14(12)15;1-8-6-11-7-12(8)14-10-4-2-9(3-5-10)13(11)14;1-7-4-10-6-11(7)13-9-3-2-8(5-9)12(10)13/h11-21H,2-10H2,1H3;8-18H,2-7H2,1H3;8-14H,2-7H2,1H3;9-15H,2-8H2,1H3;8-14H,2-7H2,1H3;7-13H,2-6H2,1H3. The fourth-order valence-corrected chi connectivity index (χ4v) is 44.3. The predicted octanol–water partition coefficient (Wildman–Crippen LogP) is 24.4. The zero-order chi connectivity index (χ0) is 62.9. The van der Waals surface area contributed by atoms with Crippen LogP contribution < -0.4 is 0 Å². The van der Waals surface area contributed by atoms with Crippen molar-refractivity contribution in [3.63, 3.8) is 0 Å². The lowest BCUT2D eigenvalue weighted by atomic mass is 9.33. The first-order valence-electron chi connectivity index (χ1n) is 46.9. The zero-order valence-corrected chi connectivity index (χ0v) is 62.9. The molecular weight excluding hydrogens is 1150 g/mol. The second kappa shape index (κ2) is 22.1. The highest BCUT2D eigenvalue weighted by molar-refractivity contribution is 5.21. The van der Waals surface area contributed by atoms with Gasteiger partial charge in [0.15, 0.2) is 0 Å². The van der Waals surface area contributed by atoms with Crippen molar-refractivity contribution in [1.82, 2.24) is 0 Å². The summed E-state index contributed by atoms with van der Waals surface area (Å²) in [4.78, 5) is 0. The summed E-state index contributed by atoms with van der Waals surface area (Å²) in [7, 11) is 0. The van der Waals surface area contributed by atoms with Crippen LogP contribution in [-0.4, -0.2) is 0 Å². The topological polar surface area (TPSA) is 0 Å². The van der Waals surface area contributed by atoms with Crippen LogP contribution in [0.1, 0.15) is 292 Å². The van der Waals surface area contributed by atoms with Crippen LogP contribution in [0.5, 0.6) is 0 Å². The van der Waals surface area contributed by atoms with Gasteiger partial charge in [-0.3, -0.25) is 0 Å². The summed E-state index contributed by atoms with van der Waals surface area (Å²) in [6.07, 6.45) is 63.1. The molecule has 0 heteroatoms. The van der Waals surface area contributed by atoms with E-state index in [2.05, 4.69) is 41.5 Å². The van der Waals surface area contributed by atoms with E-state index < -0.39 is 0 Å². The molecular formula is C96H146. The molecule has 0 spiro atoms. The Hall–Kier alpha value is 0. The Kier molecular flexibility index (Phi) is 14.1. The van der Waals surface area contributed by atoms with Crippen LogP contribution in [-0.2, 0) is 0 Å². The second-order valence-electron chi connectivity index (χ2n) is 47.3.